The summed E-state index contributed by atoms with van der Waals surface area (Å²) >= 11 is 0. The van der Waals surface area contributed by atoms with Crippen LogP contribution in [0.15, 0.2) is 18.2 Å². The summed E-state index contributed by atoms with van der Waals surface area (Å²) in [6.45, 7) is 9.42. The highest BCUT2D eigenvalue weighted by Gasteiger charge is 2.26. The first-order valence-electron chi connectivity index (χ1n) is 7.58. The topological polar surface area (TPSA) is 38.3 Å². The Balaban J connectivity index is 2.30. The minimum absolute atomic E-state index is 0.141. The third-order valence-electron chi connectivity index (χ3n) is 3.87. The van der Waals surface area contributed by atoms with Gasteiger partial charge in [-0.2, -0.15) is 0 Å². The zero-order valence-corrected chi connectivity index (χ0v) is 12.9. The third-order valence-corrected chi connectivity index (χ3v) is 3.87. The number of benzene rings is 1. The van der Waals surface area contributed by atoms with Crippen molar-refractivity contribution < 1.29 is 9.53 Å². The van der Waals surface area contributed by atoms with Crippen LogP contribution in [0.4, 0.5) is 0 Å². The van der Waals surface area contributed by atoms with Gasteiger partial charge in [0.15, 0.2) is 0 Å². The quantitative estimate of drug-likeness (QED) is 0.674. The number of ether oxygens (including phenoxy) is 1. The van der Waals surface area contributed by atoms with E-state index in [0.717, 1.165) is 36.3 Å². The second kappa shape index (κ2) is 6.40. The number of esters is 1. The normalized spacial score (nSPS) is 18.8. The van der Waals surface area contributed by atoms with Crippen LogP contribution in [0.3, 0.4) is 0 Å². The summed E-state index contributed by atoms with van der Waals surface area (Å²) in [7, 11) is 0. The molecule has 1 aromatic carbocycles. The number of carbonyl (C=O) groups is 1. The maximum Gasteiger partial charge on any atom is 0.328 e. The van der Waals surface area contributed by atoms with Crippen molar-refractivity contribution in [2.24, 2.45) is 0 Å². The Hall–Kier alpha value is -1.35. The van der Waals surface area contributed by atoms with E-state index in [1.165, 1.54) is 0 Å². The van der Waals surface area contributed by atoms with Crippen molar-refractivity contribution in [2.45, 2.75) is 58.4 Å². The van der Waals surface area contributed by atoms with Crippen LogP contribution in [-0.4, -0.2) is 18.6 Å². The van der Waals surface area contributed by atoms with Crippen LogP contribution in [0.5, 0.6) is 5.75 Å². The van der Waals surface area contributed by atoms with E-state index in [1.807, 2.05) is 0 Å². The van der Waals surface area contributed by atoms with E-state index in [0.29, 0.717) is 11.8 Å². The fraction of sp³-hybridized carbons (Fsp3) is 0.588. The first-order chi connectivity index (χ1) is 9.50. The van der Waals surface area contributed by atoms with Gasteiger partial charge in [0.25, 0.3) is 0 Å². The van der Waals surface area contributed by atoms with Crippen LogP contribution in [0.25, 0.3) is 0 Å². The highest BCUT2D eigenvalue weighted by molar-refractivity contribution is 5.79. The Morgan fingerprint density at radius 2 is 1.80 bits per heavy atom. The Morgan fingerprint density at radius 3 is 2.25 bits per heavy atom. The van der Waals surface area contributed by atoms with E-state index in [9.17, 15) is 4.79 Å². The summed E-state index contributed by atoms with van der Waals surface area (Å²) in [6.07, 6.45) is 1.92. The van der Waals surface area contributed by atoms with E-state index >= 15 is 0 Å². The molecule has 0 unspecified atom stereocenters. The van der Waals surface area contributed by atoms with Crippen LogP contribution in [0.2, 0.25) is 0 Å². The van der Waals surface area contributed by atoms with Crippen LogP contribution in [-0.2, 0) is 4.79 Å². The lowest BCUT2D eigenvalue weighted by Crippen LogP contribution is -2.34. The molecule has 0 saturated carbocycles. The molecule has 0 aromatic heterocycles. The zero-order valence-electron chi connectivity index (χ0n) is 12.9. The first-order valence-corrected chi connectivity index (χ1v) is 7.58. The Morgan fingerprint density at radius 1 is 1.20 bits per heavy atom. The van der Waals surface area contributed by atoms with E-state index in [-0.39, 0.29) is 12.0 Å². The van der Waals surface area contributed by atoms with Crippen LogP contribution in [0, 0.1) is 0 Å². The van der Waals surface area contributed by atoms with Crippen molar-refractivity contribution in [3.05, 3.63) is 29.3 Å². The monoisotopic (exact) mass is 275 g/mol. The molecule has 1 N–H and O–H groups in total. The van der Waals surface area contributed by atoms with Crippen molar-refractivity contribution >= 4 is 5.97 Å². The molecule has 1 atom stereocenters. The molecular weight excluding hydrogens is 250 g/mol. The van der Waals surface area contributed by atoms with E-state index < -0.39 is 0 Å². The van der Waals surface area contributed by atoms with Crippen LogP contribution >= 0.6 is 0 Å². The molecule has 1 heterocycles. The molecule has 0 radical (unpaired) electrons. The molecule has 0 aliphatic carbocycles. The predicted molar refractivity (Wildman–Crippen MR) is 81.3 cm³/mol. The summed E-state index contributed by atoms with van der Waals surface area (Å²) in [5.41, 5.74) is 2.23. The van der Waals surface area contributed by atoms with Crippen molar-refractivity contribution in [3.63, 3.8) is 0 Å². The molecule has 1 aliphatic heterocycles. The molecule has 1 aromatic rings. The third kappa shape index (κ3) is 3.21. The molecule has 3 nitrogen and oxygen atoms in total. The molecule has 1 fully saturated rings. The van der Waals surface area contributed by atoms with Gasteiger partial charge < -0.3 is 10.1 Å². The molecule has 0 amide bonds. The second-order valence-corrected chi connectivity index (χ2v) is 6.15. The average Bonchev–Trinajstić information content (AvgIpc) is 2.92. The van der Waals surface area contributed by atoms with Gasteiger partial charge in [-0.25, -0.2) is 4.79 Å². The lowest BCUT2D eigenvalue weighted by atomic mass is 9.94. The molecule has 0 spiro atoms. The van der Waals surface area contributed by atoms with Crippen molar-refractivity contribution in [1.82, 2.24) is 5.32 Å². The maximum absolute atomic E-state index is 12.3. The van der Waals surface area contributed by atoms with Gasteiger partial charge in [-0.3, -0.25) is 0 Å². The number of hydrogen-bond acceptors (Lipinski definition) is 3. The molecular formula is C17H25NO2. The lowest BCUT2D eigenvalue weighted by molar-refractivity contribution is -0.136. The number of para-hydroxylation sites is 1. The molecule has 20 heavy (non-hydrogen) atoms. The maximum atomic E-state index is 12.3. The number of rotatable bonds is 4. The lowest BCUT2D eigenvalue weighted by Gasteiger charge is -2.20. The molecule has 0 bridgehead atoms. The summed E-state index contributed by atoms with van der Waals surface area (Å²) in [5.74, 6) is 1.31. The number of hydrogen-bond donors (Lipinski definition) is 1. The standard InChI is InChI=1S/C17H25NO2/c1-11(2)13-7-5-8-14(12(3)4)16(13)20-17(19)15-9-6-10-18-15/h5,7-8,11-12,15,18H,6,9-10H2,1-4H3/t15-/m1/s1. The van der Waals surface area contributed by atoms with Crippen molar-refractivity contribution in [1.29, 1.82) is 0 Å². The smallest absolute Gasteiger partial charge is 0.328 e. The minimum atomic E-state index is -0.143. The van der Waals surface area contributed by atoms with Crippen molar-refractivity contribution in [2.75, 3.05) is 6.54 Å². The fourth-order valence-electron chi connectivity index (χ4n) is 2.66. The number of carbonyl (C=O) groups excluding carboxylic acids is 1. The van der Waals surface area contributed by atoms with Crippen molar-refractivity contribution in [3.8, 4) is 5.75 Å². The van der Waals surface area contributed by atoms with Gasteiger partial charge >= 0.3 is 5.97 Å². The van der Waals surface area contributed by atoms with E-state index in [4.69, 9.17) is 4.74 Å². The van der Waals surface area contributed by atoms with Gasteiger partial charge in [-0.15, -0.1) is 0 Å². The second-order valence-electron chi connectivity index (χ2n) is 6.15. The van der Waals surface area contributed by atoms with Gasteiger partial charge in [0.2, 0.25) is 0 Å². The van der Waals surface area contributed by atoms with Crippen LogP contribution < -0.4 is 10.1 Å². The Kier molecular flexibility index (Phi) is 4.81. The van der Waals surface area contributed by atoms with Gasteiger partial charge in [0, 0.05) is 0 Å². The highest BCUT2D eigenvalue weighted by Crippen LogP contribution is 2.34. The summed E-state index contributed by atoms with van der Waals surface area (Å²) in [6, 6.07) is 6.02. The Labute approximate surface area is 121 Å². The van der Waals surface area contributed by atoms with Gasteiger partial charge in [0.05, 0.1) is 0 Å². The van der Waals surface area contributed by atoms with Gasteiger partial charge in [-0.05, 0) is 42.3 Å². The molecule has 110 valence electrons. The molecule has 3 heteroatoms. The minimum Gasteiger partial charge on any atom is -0.425 e. The first kappa shape index (κ1) is 15.0. The summed E-state index contributed by atoms with van der Waals surface area (Å²) in [4.78, 5) is 12.3. The summed E-state index contributed by atoms with van der Waals surface area (Å²) < 4.78 is 5.78. The average molecular weight is 275 g/mol. The highest BCUT2D eigenvalue weighted by atomic mass is 16.5. The van der Waals surface area contributed by atoms with E-state index in [1.54, 1.807) is 0 Å². The van der Waals surface area contributed by atoms with Gasteiger partial charge in [0.1, 0.15) is 11.8 Å². The molecule has 2 rings (SSSR count). The zero-order chi connectivity index (χ0) is 14.7. The van der Waals surface area contributed by atoms with Crippen LogP contribution in [0.1, 0.15) is 63.5 Å². The Bertz CT molecular complexity index is 448. The molecule has 1 aliphatic rings. The largest absolute Gasteiger partial charge is 0.425 e. The number of nitrogens with one attached hydrogen (secondary N) is 1. The molecule has 1 saturated heterocycles. The fourth-order valence-corrected chi connectivity index (χ4v) is 2.66. The predicted octanol–water partition coefficient (Wildman–Crippen LogP) is 3.59. The SMILES string of the molecule is CC(C)c1cccc(C(C)C)c1OC(=O)[C@H]1CCCN1. The van der Waals surface area contributed by atoms with Gasteiger partial charge in [-0.1, -0.05) is 45.9 Å². The summed E-state index contributed by atoms with van der Waals surface area (Å²) in [5, 5.41) is 3.20. The van der Waals surface area contributed by atoms with E-state index in [2.05, 4.69) is 51.2 Å².